The fraction of sp³-hybridized carbons (Fsp3) is 0.400. The Kier molecular flexibility index (Phi) is 4.81. The SMILES string of the molecule is Cc1cc(C)n(-c2cccc(C(O)C(O)CCCl)c2)n1. The first-order valence-corrected chi connectivity index (χ1v) is 7.12. The van der Waals surface area contributed by atoms with Gasteiger partial charge in [0.15, 0.2) is 0 Å². The van der Waals surface area contributed by atoms with Gasteiger partial charge in [-0.3, -0.25) is 0 Å². The highest BCUT2D eigenvalue weighted by molar-refractivity contribution is 6.17. The number of aliphatic hydroxyl groups is 2. The average molecular weight is 295 g/mol. The van der Waals surface area contributed by atoms with E-state index in [9.17, 15) is 10.2 Å². The average Bonchev–Trinajstić information content (AvgIpc) is 2.77. The highest BCUT2D eigenvalue weighted by Gasteiger charge is 2.18. The Bertz CT molecular complexity index is 583. The molecule has 20 heavy (non-hydrogen) atoms. The van der Waals surface area contributed by atoms with Crippen LogP contribution in [0.3, 0.4) is 0 Å². The van der Waals surface area contributed by atoms with Gasteiger partial charge in [-0.1, -0.05) is 12.1 Å². The maximum Gasteiger partial charge on any atom is 0.105 e. The molecule has 0 radical (unpaired) electrons. The summed E-state index contributed by atoms with van der Waals surface area (Å²) in [6.45, 7) is 3.91. The number of halogens is 1. The van der Waals surface area contributed by atoms with E-state index in [4.69, 9.17) is 11.6 Å². The predicted octanol–water partition coefficient (Wildman–Crippen LogP) is 2.51. The standard InChI is InChI=1S/C15H19ClN2O2/c1-10-8-11(2)18(17-10)13-5-3-4-12(9-13)15(20)14(19)6-7-16/h3-5,8-9,14-15,19-20H,6-7H2,1-2H3. The number of aryl methyl sites for hydroxylation is 2. The topological polar surface area (TPSA) is 58.3 Å². The van der Waals surface area contributed by atoms with Crippen molar-refractivity contribution in [3.63, 3.8) is 0 Å². The lowest BCUT2D eigenvalue weighted by molar-refractivity contribution is 0.0170. The van der Waals surface area contributed by atoms with Crippen molar-refractivity contribution in [1.82, 2.24) is 9.78 Å². The third-order valence-electron chi connectivity index (χ3n) is 3.24. The van der Waals surface area contributed by atoms with E-state index in [1.165, 1.54) is 0 Å². The van der Waals surface area contributed by atoms with Gasteiger partial charge in [0, 0.05) is 11.6 Å². The summed E-state index contributed by atoms with van der Waals surface area (Å²) in [5.41, 5.74) is 3.49. The van der Waals surface area contributed by atoms with Gasteiger partial charge < -0.3 is 10.2 Å². The third kappa shape index (κ3) is 3.20. The molecule has 0 fully saturated rings. The molecule has 0 aliphatic heterocycles. The zero-order chi connectivity index (χ0) is 14.7. The molecule has 2 atom stereocenters. The quantitative estimate of drug-likeness (QED) is 0.833. The number of aliphatic hydroxyl groups excluding tert-OH is 2. The lowest BCUT2D eigenvalue weighted by Gasteiger charge is -2.18. The molecule has 2 N–H and O–H groups in total. The van der Waals surface area contributed by atoms with E-state index in [-0.39, 0.29) is 0 Å². The van der Waals surface area contributed by atoms with E-state index < -0.39 is 12.2 Å². The van der Waals surface area contributed by atoms with Crippen LogP contribution in [0.5, 0.6) is 0 Å². The second-order valence-corrected chi connectivity index (χ2v) is 5.30. The number of aromatic nitrogens is 2. The lowest BCUT2D eigenvalue weighted by Crippen LogP contribution is -2.18. The molecule has 5 heteroatoms. The van der Waals surface area contributed by atoms with Gasteiger partial charge in [0.25, 0.3) is 0 Å². The van der Waals surface area contributed by atoms with Crippen LogP contribution in [0, 0.1) is 13.8 Å². The summed E-state index contributed by atoms with van der Waals surface area (Å²) in [6.07, 6.45) is -1.44. The lowest BCUT2D eigenvalue weighted by atomic mass is 10.0. The van der Waals surface area contributed by atoms with Crippen molar-refractivity contribution in [3.05, 3.63) is 47.3 Å². The molecule has 1 aromatic heterocycles. The van der Waals surface area contributed by atoms with E-state index in [1.807, 2.05) is 42.8 Å². The van der Waals surface area contributed by atoms with E-state index in [1.54, 1.807) is 6.07 Å². The molecule has 2 rings (SSSR count). The molecule has 0 saturated heterocycles. The fourth-order valence-electron chi connectivity index (χ4n) is 2.22. The molecule has 4 nitrogen and oxygen atoms in total. The van der Waals surface area contributed by atoms with Gasteiger partial charge in [0.1, 0.15) is 6.10 Å². The van der Waals surface area contributed by atoms with E-state index >= 15 is 0 Å². The van der Waals surface area contributed by atoms with Crippen molar-refractivity contribution >= 4 is 11.6 Å². The molecule has 0 bridgehead atoms. The summed E-state index contributed by atoms with van der Waals surface area (Å²) in [6, 6.07) is 9.38. The first kappa shape index (κ1) is 15.0. The van der Waals surface area contributed by atoms with Crippen LogP contribution in [-0.2, 0) is 0 Å². The van der Waals surface area contributed by atoms with Crippen molar-refractivity contribution in [2.24, 2.45) is 0 Å². The van der Waals surface area contributed by atoms with Gasteiger partial charge >= 0.3 is 0 Å². The number of alkyl halides is 1. The number of hydrogen-bond donors (Lipinski definition) is 2. The van der Waals surface area contributed by atoms with Crippen LogP contribution in [0.25, 0.3) is 5.69 Å². The predicted molar refractivity (Wildman–Crippen MR) is 79.3 cm³/mol. The second kappa shape index (κ2) is 6.39. The maximum atomic E-state index is 10.1. The highest BCUT2D eigenvalue weighted by atomic mass is 35.5. The van der Waals surface area contributed by atoms with Crippen LogP contribution < -0.4 is 0 Å². The van der Waals surface area contributed by atoms with E-state index in [0.717, 1.165) is 17.1 Å². The summed E-state index contributed by atoms with van der Waals surface area (Å²) < 4.78 is 1.82. The second-order valence-electron chi connectivity index (χ2n) is 4.92. The summed E-state index contributed by atoms with van der Waals surface area (Å²) in [4.78, 5) is 0. The van der Waals surface area contributed by atoms with Gasteiger partial charge in [-0.05, 0) is 44.0 Å². The minimum Gasteiger partial charge on any atom is -0.390 e. The van der Waals surface area contributed by atoms with Crippen LogP contribution in [0.2, 0.25) is 0 Å². The van der Waals surface area contributed by atoms with Gasteiger partial charge in [-0.25, -0.2) is 4.68 Å². The Labute approximate surface area is 123 Å². The Morgan fingerprint density at radius 1 is 1.25 bits per heavy atom. The summed E-state index contributed by atoms with van der Waals surface area (Å²) in [7, 11) is 0. The Balaban J connectivity index is 2.30. The molecular formula is C15H19ClN2O2. The van der Waals surface area contributed by atoms with Crippen LogP contribution >= 0.6 is 11.6 Å². The third-order valence-corrected chi connectivity index (χ3v) is 3.45. The van der Waals surface area contributed by atoms with E-state index in [0.29, 0.717) is 17.9 Å². The summed E-state index contributed by atoms with van der Waals surface area (Å²) in [5.74, 6) is 0.315. The fourth-order valence-corrected chi connectivity index (χ4v) is 2.45. The van der Waals surface area contributed by atoms with Crippen molar-refractivity contribution < 1.29 is 10.2 Å². The molecule has 0 saturated carbocycles. The number of rotatable bonds is 5. The number of nitrogens with zero attached hydrogens (tertiary/aromatic N) is 2. The van der Waals surface area contributed by atoms with Gasteiger partial charge in [-0.15, -0.1) is 11.6 Å². The minimum atomic E-state index is -0.939. The Hall–Kier alpha value is -1.36. The highest BCUT2D eigenvalue weighted by Crippen LogP contribution is 2.22. The van der Waals surface area contributed by atoms with Gasteiger partial charge in [0.05, 0.1) is 17.5 Å². The first-order chi connectivity index (χ1) is 9.52. The normalized spacial score (nSPS) is 14.2. The van der Waals surface area contributed by atoms with Crippen molar-refractivity contribution in [2.75, 3.05) is 5.88 Å². The zero-order valence-corrected chi connectivity index (χ0v) is 12.4. The molecule has 0 aliphatic carbocycles. The molecule has 0 amide bonds. The van der Waals surface area contributed by atoms with E-state index in [2.05, 4.69) is 5.10 Å². The molecular weight excluding hydrogens is 276 g/mol. The molecule has 1 aromatic carbocycles. The minimum absolute atomic E-state index is 0.315. The monoisotopic (exact) mass is 294 g/mol. The van der Waals surface area contributed by atoms with Crippen LogP contribution in [-0.4, -0.2) is 32.0 Å². The van der Waals surface area contributed by atoms with Crippen LogP contribution in [0.15, 0.2) is 30.3 Å². The van der Waals surface area contributed by atoms with Crippen LogP contribution in [0.4, 0.5) is 0 Å². The largest absolute Gasteiger partial charge is 0.390 e. The zero-order valence-electron chi connectivity index (χ0n) is 11.6. The molecule has 0 aliphatic rings. The molecule has 2 aromatic rings. The summed E-state index contributed by atoms with van der Waals surface area (Å²) >= 11 is 5.59. The van der Waals surface area contributed by atoms with Gasteiger partial charge in [-0.2, -0.15) is 5.10 Å². The molecule has 2 unspecified atom stereocenters. The smallest absolute Gasteiger partial charge is 0.105 e. The molecule has 0 spiro atoms. The molecule has 108 valence electrons. The molecule has 1 heterocycles. The van der Waals surface area contributed by atoms with Crippen molar-refractivity contribution in [2.45, 2.75) is 32.5 Å². The summed E-state index contributed by atoms with van der Waals surface area (Å²) in [5, 5.41) is 24.4. The first-order valence-electron chi connectivity index (χ1n) is 6.58. The van der Waals surface area contributed by atoms with Crippen molar-refractivity contribution in [3.8, 4) is 5.69 Å². The number of benzene rings is 1. The van der Waals surface area contributed by atoms with Crippen LogP contribution in [0.1, 0.15) is 29.5 Å². The number of hydrogen-bond acceptors (Lipinski definition) is 3. The van der Waals surface area contributed by atoms with Gasteiger partial charge in [0.2, 0.25) is 0 Å². The van der Waals surface area contributed by atoms with Crippen molar-refractivity contribution in [1.29, 1.82) is 0 Å². The Morgan fingerprint density at radius 3 is 2.60 bits per heavy atom. The maximum absolute atomic E-state index is 10.1. The Morgan fingerprint density at radius 2 is 2.00 bits per heavy atom.